The fourth-order valence-electron chi connectivity index (χ4n) is 1.35. The summed E-state index contributed by atoms with van der Waals surface area (Å²) in [5, 5.41) is 13.2. The topological polar surface area (TPSA) is 32.3 Å². The molecule has 2 N–H and O–H groups in total. The monoisotopic (exact) mass is 173 g/mol. The highest BCUT2D eigenvalue weighted by Gasteiger charge is 2.22. The summed E-state index contributed by atoms with van der Waals surface area (Å²) in [6.07, 6.45) is 3.93. The van der Waals surface area contributed by atoms with E-state index in [1.165, 1.54) is 0 Å². The molecule has 0 radical (unpaired) electrons. The van der Waals surface area contributed by atoms with Gasteiger partial charge in [-0.3, -0.25) is 0 Å². The molecule has 0 saturated heterocycles. The van der Waals surface area contributed by atoms with Crippen LogP contribution in [0.5, 0.6) is 0 Å². The predicted octanol–water partition coefficient (Wildman–Crippen LogP) is 1.93. The lowest BCUT2D eigenvalue weighted by atomic mass is 9.95. The van der Waals surface area contributed by atoms with Gasteiger partial charge in [-0.25, -0.2) is 0 Å². The van der Waals surface area contributed by atoms with Crippen LogP contribution in [0.15, 0.2) is 0 Å². The Bertz CT molecular complexity index is 106. The van der Waals surface area contributed by atoms with Crippen LogP contribution in [0.4, 0.5) is 0 Å². The summed E-state index contributed by atoms with van der Waals surface area (Å²) in [4.78, 5) is 0. The molecular weight excluding hydrogens is 150 g/mol. The third-order valence-corrected chi connectivity index (χ3v) is 2.25. The van der Waals surface area contributed by atoms with Gasteiger partial charge in [0.1, 0.15) is 0 Å². The normalized spacial score (nSPS) is 16.0. The SMILES string of the molecule is CCCNCC(O)(CC)CCC. The summed E-state index contributed by atoms with van der Waals surface area (Å²) in [6.45, 7) is 8.04. The Morgan fingerprint density at radius 3 is 2.25 bits per heavy atom. The first kappa shape index (κ1) is 11.9. The van der Waals surface area contributed by atoms with Gasteiger partial charge < -0.3 is 10.4 Å². The van der Waals surface area contributed by atoms with E-state index in [9.17, 15) is 5.11 Å². The highest BCUT2D eigenvalue weighted by atomic mass is 16.3. The molecule has 0 rings (SSSR count). The van der Waals surface area contributed by atoms with Crippen LogP contribution >= 0.6 is 0 Å². The fraction of sp³-hybridized carbons (Fsp3) is 1.00. The Morgan fingerprint density at radius 2 is 1.83 bits per heavy atom. The van der Waals surface area contributed by atoms with Crippen LogP contribution in [0, 0.1) is 0 Å². The van der Waals surface area contributed by atoms with Gasteiger partial charge in [0.05, 0.1) is 5.60 Å². The van der Waals surface area contributed by atoms with Gasteiger partial charge >= 0.3 is 0 Å². The van der Waals surface area contributed by atoms with E-state index in [1.807, 2.05) is 6.92 Å². The van der Waals surface area contributed by atoms with Crippen LogP contribution in [0.1, 0.15) is 46.5 Å². The van der Waals surface area contributed by atoms with Crippen molar-refractivity contribution >= 4 is 0 Å². The molecule has 2 heteroatoms. The van der Waals surface area contributed by atoms with Crippen molar-refractivity contribution in [3.8, 4) is 0 Å². The molecule has 0 aromatic heterocycles. The van der Waals surface area contributed by atoms with E-state index in [1.54, 1.807) is 0 Å². The summed E-state index contributed by atoms with van der Waals surface area (Å²) < 4.78 is 0. The predicted molar refractivity (Wildman–Crippen MR) is 53.3 cm³/mol. The van der Waals surface area contributed by atoms with Crippen molar-refractivity contribution in [2.75, 3.05) is 13.1 Å². The quantitative estimate of drug-likeness (QED) is 0.577. The standard InChI is InChI=1S/C10H23NO/c1-4-7-10(12,6-3)9-11-8-5-2/h11-12H,4-9H2,1-3H3. The summed E-state index contributed by atoms with van der Waals surface area (Å²) in [5.74, 6) is 0. The van der Waals surface area contributed by atoms with E-state index in [4.69, 9.17) is 0 Å². The first-order valence-corrected chi connectivity index (χ1v) is 5.11. The van der Waals surface area contributed by atoms with Crippen molar-refractivity contribution in [1.29, 1.82) is 0 Å². The van der Waals surface area contributed by atoms with Gasteiger partial charge in [0.15, 0.2) is 0 Å². The average Bonchev–Trinajstić information content (AvgIpc) is 2.06. The van der Waals surface area contributed by atoms with Crippen molar-refractivity contribution in [3.63, 3.8) is 0 Å². The second kappa shape index (κ2) is 6.44. The Kier molecular flexibility index (Phi) is 6.39. The van der Waals surface area contributed by atoms with E-state index >= 15 is 0 Å². The van der Waals surface area contributed by atoms with E-state index in [2.05, 4.69) is 19.2 Å². The maximum atomic E-state index is 9.98. The smallest absolute Gasteiger partial charge is 0.0768 e. The second-order valence-electron chi connectivity index (χ2n) is 3.50. The minimum Gasteiger partial charge on any atom is -0.389 e. The van der Waals surface area contributed by atoms with Crippen LogP contribution in [-0.2, 0) is 0 Å². The van der Waals surface area contributed by atoms with E-state index in [-0.39, 0.29) is 0 Å². The lowest BCUT2D eigenvalue weighted by molar-refractivity contribution is 0.0273. The van der Waals surface area contributed by atoms with Crippen LogP contribution in [-0.4, -0.2) is 23.8 Å². The molecule has 0 spiro atoms. The van der Waals surface area contributed by atoms with Crippen molar-refractivity contribution in [2.24, 2.45) is 0 Å². The largest absolute Gasteiger partial charge is 0.389 e. The van der Waals surface area contributed by atoms with Crippen molar-refractivity contribution in [3.05, 3.63) is 0 Å². The third kappa shape index (κ3) is 4.73. The molecule has 0 aliphatic heterocycles. The fourth-order valence-corrected chi connectivity index (χ4v) is 1.35. The average molecular weight is 173 g/mol. The number of hydrogen-bond acceptors (Lipinski definition) is 2. The Morgan fingerprint density at radius 1 is 1.17 bits per heavy atom. The summed E-state index contributed by atoms with van der Waals surface area (Å²) >= 11 is 0. The lowest BCUT2D eigenvalue weighted by Crippen LogP contribution is -2.40. The summed E-state index contributed by atoms with van der Waals surface area (Å²) in [7, 11) is 0. The molecule has 0 saturated carbocycles. The first-order chi connectivity index (χ1) is 5.68. The van der Waals surface area contributed by atoms with Gasteiger partial charge in [-0.05, 0) is 25.8 Å². The summed E-state index contributed by atoms with van der Waals surface area (Å²) in [5.41, 5.74) is -0.468. The molecule has 1 atom stereocenters. The molecule has 0 amide bonds. The maximum absolute atomic E-state index is 9.98. The molecule has 74 valence electrons. The maximum Gasteiger partial charge on any atom is 0.0768 e. The molecule has 0 heterocycles. The first-order valence-electron chi connectivity index (χ1n) is 5.11. The zero-order valence-corrected chi connectivity index (χ0v) is 8.69. The molecular formula is C10H23NO. The zero-order chi connectivity index (χ0) is 9.45. The lowest BCUT2D eigenvalue weighted by Gasteiger charge is -2.26. The van der Waals surface area contributed by atoms with Crippen LogP contribution in [0.25, 0.3) is 0 Å². The molecule has 0 aromatic carbocycles. The Balaban J connectivity index is 3.63. The van der Waals surface area contributed by atoms with Crippen molar-refractivity contribution in [1.82, 2.24) is 5.32 Å². The molecule has 0 aliphatic carbocycles. The second-order valence-corrected chi connectivity index (χ2v) is 3.50. The minimum atomic E-state index is -0.468. The third-order valence-electron chi connectivity index (χ3n) is 2.25. The molecule has 0 aliphatic rings. The van der Waals surface area contributed by atoms with Gasteiger partial charge in [-0.1, -0.05) is 27.2 Å². The number of rotatable bonds is 7. The van der Waals surface area contributed by atoms with Gasteiger partial charge in [0.25, 0.3) is 0 Å². The Labute approximate surface area is 76.4 Å². The zero-order valence-electron chi connectivity index (χ0n) is 8.69. The van der Waals surface area contributed by atoms with Crippen molar-refractivity contribution < 1.29 is 5.11 Å². The number of nitrogens with one attached hydrogen (secondary N) is 1. The van der Waals surface area contributed by atoms with E-state index in [0.29, 0.717) is 0 Å². The molecule has 0 aromatic rings. The van der Waals surface area contributed by atoms with Crippen LogP contribution in [0.2, 0.25) is 0 Å². The minimum absolute atomic E-state index is 0.468. The highest BCUT2D eigenvalue weighted by Crippen LogP contribution is 2.15. The molecule has 1 unspecified atom stereocenters. The van der Waals surface area contributed by atoms with Crippen LogP contribution in [0.3, 0.4) is 0 Å². The summed E-state index contributed by atoms with van der Waals surface area (Å²) in [6, 6.07) is 0. The number of aliphatic hydroxyl groups is 1. The molecule has 0 bridgehead atoms. The molecule has 0 fully saturated rings. The van der Waals surface area contributed by atoms with Crippen molar-refractivity contribution in [2.45, 2.75) is 52.1 Å². The van der Waals surface area contributed by atoms with Gasteiger partial charge in [0, 0.05) is 6.54 Å². The van der Waals surface area contributed by atoms with E-state index in [0.717, 1.165) is 38.8 Å². The van der Waals surface area contributed by atoms with Gasteiger partial charge in [-0.2, -0.15) is 0 Å². The van der Waals surface area contributed by atoms with Crippen LogP contribution < -0.4 is 5.32 Å². The molecule has 2 nitrogen and oxygen atoms in total. The van der Waals surface area contributed by atoms with Gasteiger partial charge in [0.2, 0.25) is 0 Å². The van der Waals surface area contributed by atoms with Gasteiger partial charge in [-0.15, -0.1) is 0 Å². The molecule has 12 heavy (non-hydrogen) atoms. The highest BCUT2D eigenvalue weighted by molar-refractivity contribution is 4.78. The Hall–Kier alpha value is -0.0800. The number of hydrogen-bond donors (Lipinski definition) is 2. The van der Waals surface area contributed by atoms with E-state index < -0.39 is 5.60 Å².